The number of rotatable bonds is 10. The van der Waals surface area contributed by atoms with E-state index in [4.69, 9.17) is 0 Å². The van der Waals surface area contributed by atoms with Gasteiger partial charge in [-0.05, 0) is 42.8 Å². The SMILES string of the molecule is C=CCNC(=O)c1ccccc1NC(=O)CCCN(c1ccc(F)cc1)S(C)(=O)=O. The van der Waals surface area contributed by atoms with E-state index in [-0.39, 0.29) is 31.2 Å². The summed E-state index contributed by atoms with van der Waals surface area (Å²) in [5.41, 5.74) is 1.00. The van der Waals surface area contributed by atoms with Crippen LogP contribution in [0.4, 0.5) is 15.8 Å². The molecule has 9 heteroatoms. The van der Waals surface area contributed by atoms with Gasteiger partial charge in [-0.3, -0.25) is 13.9 Å². The summed E-state index contributed by atoms with van der Waals surface area (Å²) in [5, 5.41) is 5.34. The zero-order valence-electron chi connectivity index (χ0n) is 16.6. The number of carbonyl (C=O) groups excluding carboxylic acids is 2. The molecule has 2 rings (SSSR count). The van der Waals surface area contributed by atoms with E-state index in [0.717, 1.165) is 10.6 Å². The van der Waals surface area contributed by atoms with Crippen molar-refractivity contribution in [2.75, 3.05) is 29.0 Å². The molecule has 0 aliphatic heterocycles. The number of anilines is 2. The molecule has 0 spiro atoms. The molecular formula is C21H24FN3O4S. The van der Waals surface area contributed by atoms with Crippen LogP contribution in [0.15, 0.2) is 61.2 Å². The lowest BCUT2D eigenvalue weighted by Gasteiger charge is -2.22. The predicted octanol–water partition coefficient (Wildman–Crippen LogP) is 2.93. The summed E-state index contributed by atoms with van der Waals surface area (Å²) in [4.78, 5) is 24.5. The number of para-hydroxylation sites is 1. The van der Waals surface area contributed by atoms with Crippen LogP contribution in [0.5, 0.6) is 0 Å². The fourth-order valence-corrected chi connectivity index (χ4v) is 3.71. The standard InChI is InChI=1S/C21H24FN3O4S/c1-3-14-23-21(27)18-7-4-5-8-19(18)24-20(26)9-6-15-25(30(2,28)29)17-12-10-16(22)11-13-17/h3-5,7-8,10-13H,1,6,9,14-15H2,2H3,(H,23,27)(H,24,26). The van der Waals surface area contributed by atoms with Crippen molar-refractivity contribution in [2.24, 2.45) is 0 Å². The maximum Gasteiger partial charge on any atom is 0.253 e. The van der Waals surface area contributed by atoms with Crippen molar-refractivity contribution in [1.82, 2.24) is 5.32 Å². The first-order chi connectivity index (χ1) is 14.2. The summed E-state index contributed by atoms with van der Waals surface area (Å²) in [6, 6.07) is 11.7. The van der Waals surface area contributed by atoms with Gasteiger partial charge in [-0.1, -0.05) is 18.2 Å². The van der Waals surface area contributed by atoms with E-state index in [1.54, 1.807) is 30.3 Å². The Kier molecular flexibility index (Phi) is 8.11. The molecule has 0 aliphatic carbocycles. The molecule has 0 saturated heterocycles. The minimum absolute atomic E-state index is 0.0375. The Morgan fingerprint density at radius 3 is 2.43 bits per heavy atom. The van der Waals surface area contributed by atoms with Crippen molar-refractivity contribution in [2.45, 2.75) is 12.8 Å². The summed E-state index contributed by atoms with van der Waals surface area (Å²) >= 11 is 0. The molecule has 0 atom stereocenters. The Morgan fingerprint density at radius 1 is 1.13 bits per heavy atom. The van der Waals surface area contributed by atoms with Gasteiger partial charge in [0.05, 0.1) is 23.2 Å². The number of benzene rings is 2. The average molecular weight is 434 g/mol. The zero-order valence-corrected chi connectivity index (χ0v) is 17.4. The van der Waals surface area contributed by atoms with Crippen LogP contribution in [0.25, 0.3) is 0 Å². The van der Waals surface area contributed by atoms with Gasteiger partial charge < -0.3 is 10.6 Å². The second kappa shape index (κ2) is 10.5. The van der Waals surface area contributed by atoms with Gasteiger partial charge in [-0.2, -0.15) is 0 Å². The van der Waals surface area contributed by atoms with Crippen molar-refractivity contribution in [3.63, 3.8) is 0 Å². The van der Waals surface area contributed by atoms with Gasteiger partial charge in [-0.25, -0.2) is 12.8 Å². The lowest BCUT2D eigenvalue weighted by atomic mass is 10.1. The first-order valence-electron chi connectivity index (χ1n) is 9.23. The Morgan fingerprint density at radius 2 is 1.80 bits per heavy atom. The van der Waals surface area contributed by atoms with Crippen LogP contribution in [-0.2, 0) is 14.8 Å². The smallest absolute Gasteiger partial charge is 0.253 e. The van der Waals surface area contributed by atoms with E-state index in [0.29, 0.717) is 23.5 Å². The number of amides is 2. The van der Waals surface area contributed by atoms with E-state index in [9.17, 15) is 22.4 Å². The van der Waals surface area contributed by atoms with Crippen LogP contribution < -0.4 is 14.9 Å². The minimum atomic E-state index is -3.60. The Bertz CT molecular complexity index is 1010. The highest BCUT2D eigenvalue weighted by molar-refractivity contribution is 7.92. The lowest BCUT2D eigenvalue weighted by molar-refractivity contribution is -0.116. The second-order valence-electron chi connectivity index (χ2n) is 6.51. The van der Waals surface area contributed by atoms with Crippen LogP contribution in [0.2, 0.25) is 0 Å². The highest BCUT2D eigenvalue weighted by Crippen LogP contribution is 2.19. The largest absolute Gasteiger partial charge is 0.349 e. The van der Waals surface area contributed by atoms with Gasteiger partial charge in [0.1, 0.15) is 5.82 Å². The molecule has 0 fully saturated rings. The molecule has 2 amide bonds. The van der Waals surface area contributed by atoms with Crippen molar-refractivity contribution >= 4 is 33.2 Å². The van der Waals surface area contributed by atoms with E-state index in [1.807, 2.05) is 0 Å². The zero-order chi connectivity index (χ0) is 22.1. The number of sulfonamides is 1. The van der Waals surface area contributed by atoms with E-state index in [2.05, 4.69) is 17.2 Å². The Labute approximate surface area is 175 Å². The number of hydrogen-bond donors (Lipinski definition) is 2. The molecule has 0 bridgehead atoms. The summed E-state index contributed by atoms with van der Waals surface area (Å²) in [7, 11) is -3.60. The van der Waals surface area contributed by atoms with Crippen molar-refractivity contribution in [1.29, 1.82) is 0 Å². The number of carbonyl (C=O) groups is 2. The highest BCUT2D eigenvalue weighted by atomic mass is 32.2. The summed E-state index contributed by atoms with van der Waals surface area (Å²) in [5.74, 6) is -1.17. The van der Waals surface area contributed by atoms with Gasteiger partial charge in [0, 0.05) is 19.5 Å². The van der Waals surface area contributed by atoms with Crippen LogP contribution in [-0.4, -0.2) is 39.6 Å². The van der Waals surface area contributed by atoms with Crippen LogP contribution in [0.3, 0.4) is 0 Å². The molecule has 0 aromatic heterocycles. The topological polar surface area (TPSA) is 95.6 Å². The first-order valence-corrected chi connectivity index (χ1v) is 11.1. The number of nitrogens with one attached hydrogen (secondary N) is 2. The number of hydrogen-bond acceptors (Lipinski definition) is 4. The maximum atomic E-state index is 13.1. The van der Waals surface area contributed by atoms with Gasteiger partial charge in [0.2, 0.25) is 15.9 Å². The molecule has 2 aromatic rings. The third kappa shape index (κ3) is 6.70. The third-order valence-corrected chi connectivity index (χ3v) is 5.33. The minimum Gasteiger partial charge on any atom is -0.349 e. The molecule has 0 radical (unpaired) electrons. The summed E-state index contributed by atoms with van der Waals surface area (Å²) in [6.07, 6.45) is 2.87. The third-order valence-electron chi connectivity index (χ3n) is 4.13. The normalized spacial score (nSPS) is 10.9. The van der Waals surface area contributed by atoms with Gasteiger partial charge >= 0.3 is 0 Å². The van der Waals surface area contributed by atoms with E-state index < -0.39 is 15.8 Å². The Balaban J connectivity index is 1.99. The molecule has 0 unspecified atom stereocenters. The summed E-state index contributed by atoms with van der Waals surface area (Å²) < 4.78 is 38.4. The maximum absolute atomic E-state index is 13.1. The first kappa shape index (κ1) is 23.1. The predicted molar refractivity (Wildman–Crippen MR) is 115 cm³/mol. The number of halogens is 1. The van der Waals surface area contributed by atoms with Crippen LogP contribution >= 0.6 is 0 Å². The second-order valence-corrected chi connectivity index (χ2v) is 8.41. The molecule has 2 aromatic carbocycles. The highest BCUT2D eigenvalue weighted by Gasteiger charge is 2.18. The number of nitrogens with zero attached hydrogens (tertiary/aromatic N) is 1. The molecule has 0 saturated carbocycles. The molecule has 7 nitrogen and oxygen atoms in total. The van der Waals surface area contributed by atoms with Crippen molar-refractivity contribution in [3.8, 4) is 0 Å². The molecule has 30 heavy (non-hydrogen) atoms. The summed E-state index contributed by atoms with van der Waals surface area (Å²) in [6.45, 7) is 3.89. The van der Waals surface area contributed by atoms with Gasteiger partial charge in [0.25, 0.3) is 5.91 Å². The van der Waals surface area contributed by atoms with Crippen LogP contribution in [0.1, 0.15) is 23.2 Å². The fraction of sp³-hybridized carbons (Fsp3) is 0.238. The molecule has 2 N–H and O–H groups in total. The quantitative estimate of drug-likeness (QED) is 0.563. The van der Waals surface area contributed by atoms with Crippen molar-refractivity contribution in [3.05, 3.63) is 72.6 Å². The molecular weight excluding hydrogens is 409 g/mol. The molecule has 0 aliphatic rings. The lowest BCUT2D eigenvalue weighted by Crippen LogP contribution is -2.31. The van der Waals surface area contributed by atoms with E-state index >= 15 is 0 Å². The monoisotopic (exact) mass is 433 g/mol. The fourth-order valence-electron chi connectivity index (χ4n) is 2.74. The molecule has 160 valence electrons. The van der Waals surface area contributed by atoms with Crippen LogP contribution in [0, 0.1) is 5.82 Å². The van der Waals surface area contributed by atoms with Gasteiger partial charge in [0.15, 0.2) is 0 Å². The van der Waals surface area contributed by atoms with E-state index in [1.165, 1.54) is 24.3 Å². The Hall–Kier alpha value is -3.20. The molecule has 0 heterocycles. The average Bonchev–Trinajstić information content (AvgIpc) is 2.70. The van der Waals surface area contributed by atoms with Gasteiger partial charge in [-0.15, -0.1) is 6.58 Å². The van der Waals surface area contributed by atoms with Crippen molar-refractivity contribution < 1.29 is 22.4 Å².